The van der Waals surface area contributed by atoms with Crippen molar-refractivity contribution in [3.63, 3.8) is 0 Å². The zero-order chi connectivity index (χ0) is 17.1. The van der Waals surface area contributed by atoms with Gasteiger partial charge in [0.1, 0.15) is 0 Å². The first kappa shape index (κ1) is 16.0. The zero-order valence-corrected chi connectivity index (χ0v) is 13.5. The predicted molar refractivity (Wildman–Crippen MR) is 95.6 cm³/mol. The number of ketones is 2. The maximum atomic E-state index is 12.5. The summed E-state index contributed by atoms with van der Waals surface area (Å²) in [5, 5.41) is 0.310. The number of rotatable bonds is 4. The Morgan fingerprint density at radius 1 is 0.708 bits per heavy atom. The highest BCUT2D eigenvalue weighted by atomic mass is 35.5. The van der Waals surface area contributed by atoms with Gasteiger partial charge < -0.3 is 5.73 Å². The number of halogens is 1. The van der Waals surface area contributed by atoms with Gasteiger partial charge >= 0.3 is 0 Å². The van der Waals surface area contributed by atoms with Crippen LogP contribution in [-0.2, 0) is 0 Å². The second kappa shape index (κ2) is 6.69. The Hall–Kier alpha value is -2.91. The molecule has 0 aliphatic rings. The van der Waals surface area contributed by atoms with E-state index in [-0.39, 0.29) is 11.6 Å². The van der Waals surface area contributed by atoms with E-state index < -0.39 is 0 Å². The first-order valence-electron chi connectivity index (χ1n) is 7.36. The topological polar surface area (TPSA) is 60.2 Å². The van der Waals surface area contributed by atoms with E-state index in [0.29, 0.717) is 33.0 Å². The van der Waals surface area contributed by atoms with Crippen LogP contribution in [0.15, 0.2) is 72.8 Å². The van der Waals surface area contributed by atoms with Crippen LogP contribution in [0, 0.1) is 0 Å². The van der Waals surface area contributed by atoms with Gasteiger partial charge in [-0.15, -0.1) is 0 Å². The monoisotopic (exact) mass is 335 g/mol. The standard InChI is InChI=1S/C20H14ClNO2/c21-18-12-16(22)10-11-17(18)20(24)15-8-6-14(7-9-15)19(23)13-4-2-1-3-5-13/h1-12H,22H2. The summed E-state index contributed by atoms with van der Waals surface area (Å²) < 4.78 is 0. The largest absolute Gasteiger partial charge is 0.399 e. The van der Waals surface area contributed by atoms with E-state index in [1.165, 1.54) is 0 Å². The average molecular weight is 336 g/mol. The molecule has 0 saturated heterocycles. The van der Waals surface area contributed by atoms with Gasteiger partial charge in [-0.3, -0.25) is 9.59 Å². The van der Waals surface area contributed by atoms with Crippen LogP contribution in [0.1, 0.15) is 31.8 Å². The molecule has 0 atom stereocenters. The van der Waals surface area contributed by atoms with E-state index in [0.717, 1.165) is 0 Å². The van der Waals surface area contributed by atoms with Crippen molar-refractivity contribution in [1.29, 1.82) is 0 Å². The quantitative estimate of drug-likeness (QED) is 0.568. The Labute approximate surface area is 144 Å². The summed E-state index contributed by atoms with van der Waals surface area (Å²) in [4.78, 5) is 24.9. The molecule has 3 nitrogen and oxygen atoms in total. The molecule has 3 aromatic carbocycles. The molecule has 3 rings (SSSR count). The molecule has 4 heteroatoms. The molecular formula is C20H14ClNO2. The van der Waals surface area contributed by atoms with Crippen molar-refractivity contribution in [2.45, 2.75) is 0 Å². The summed E-state index contributed by atoms with van der Waals surface area (Å²) in [5.74, 6) is -0.293. The van der Waals surface area contributed by atoms with Crippen LogP contribution in [0.2, 0.25) is 5.02 Å². The molecular weight excluding hydrogens is 322 g/mol. The maximum Gasteiger partial charge on any atom is 0.194 e. The molecule has 0 aromatic heterocycles. The lowest BCUT2D eigenvalue weighted by Crippen LogP contribution is -2.05. The lowest BCUT2D eigenvalue weighted by atomic mass is 9.98. The van der Waals surface area contributed by atoms with Gasteiger partial charge in [-0.1, -0.05) is 66.2 Å². The molecule has 0 heterocycles. The summed E-state index contributed by atoms with van der Waals surface area (Å²) >= 11 is 6.08. The van der Waals surface area contributed by atoms with Crippen molar-refractivity contribution >= 4 is 28.9 Å². The Balaban J connectivity index is 1.87. The lowest BCUT2D eigenvalue weighted by molar-refractivity contribution is 0.102. The minimum Gasteiger partial charge on any atom is -0.399 e. The molecule has 0 amide bonds. The molecule has 0 radical (unpaired) electrons. The molecule has 0 aliphatic carbocycles. The summed E-state index contributed by atoms with van der Waals surface area (Å²) in [6.07, 6.45) is 0. The van der Waals surface area contributed by atoms with Crippen molar-refractivity contribution in [1.82, 2.24) is 0 Å². The van der Waals surface area contributed by atoms with Crippen LogP contribution >= 0.6 is 11.6 Å². The SMILES string of the molecule is Nc1ccc(C(=O)c2ccc(C(=O)c3ccccc3)cc2)c(Cl)c1. The number of benzene rings is 3. The summed E-state index contributed by atoms with van der Waals surface area (Å²) in [6, 6.07) is 20.3. The number of carbonyl (C=O) groups excluding carboxylic acids is 2. The van der Waals surface area contributed by atoms with Crippen LogP contribution in [-0.4, -0.2) is 11.6 Å². The van der Waals surface area contributed by atoms with Gasteiger partial charge in [-0.25, -0.2) is 0 Å². The predicted octanol–water partition coefficient (Wildman–Crippen LogP) is 4.38. The van der Waals surface area contributed by atoms with E-state index in [1.807, 2.05) is 18.2 Å². The Kier molecular flexibility index (Phi) is 4.45. The normalized spacial score (nSPS) is 10.4. The molecule has 2 N–H and O–H groups in total. The van der Waals surface area contributed by atoms with Gasteiger partial charge in [-0.05, 0) is 18.2 Å². The number of anilines is 1. The maximum absolute atomic E-state index is 12.5. The fourth-order valence-corrected chi connectivity index (χ4v) is 2.67. The van der Waals surface area contributed by atoms with Crippen molar-refractivity contribution in [2.75, 3.05) is 5.73 Å². The average Bonchev–Trinajstić information content (AvgIpc) is 2.61. The molecule has 0 bridgehead atoms. The van der Waals surface area contributed by atoms with Crippen LogP contribution in [0.5, 0.6) is 0 Å². The van der Waals surface area contributed by atoms with Gasteiger partial charge in [0.05, 0.1) is 5.02 Å². The molecule has 0 aliphatic heterocycles. The van der Waals surface area contributed by atoms with E-state index in [9.17, 15) is 9.59 Å². The van der Waals surface area contributed by atoms with Crippen molar-refractivity contribution < 1.29 is 9.59 Å². The zero-order valence-electron chi connectivity index (χ0n) is 12.7. The lowest BCUT2D eigenvalue weighted by Gasteiger charge is -2.06. The minimum absolute atomic E-state index is 0.0832. The summed E-state index contributed by atoms with van der Waals surface area (Å²) in [7, 11) is 0. The highest BCUT2D eigenvalue weighted by Crippen LogP contribution is 2.22. The first-order chi connectivity index (χ1) is 11.6. The van der Waals surface area contributed by atoms with Gasteiger partial charge in [0, 0.05) is 27.9 Å². The molecule has 3 aromatic rings. The van der Waals surface area contributed by atoms with Crippen molar-refractivity contribution in [3.8, 4) is 0 Å². The highest BCUT2D eigenvalue weighted by molar-refractivity contribution is 6.35. The molecule has 118 valence electrons. The molecule has 24 heavy (non-hydrogen) atoms. The van der Waals surface area contributed by atoms with Gasteiger partial charge in [-0.2, -0.15) is 0 Å². The molecule has 0 saturated carbocycles. The van der Waals surface area contributed by atoms with E-state index >= 15 is 0 Å². The number of hydrogen-bond donors (Lipinski definition) is 1. The first-order valence-corrected chi connectivity index (χ1v) is 7.73. The third-order valence-electron chi connectivity index (χ3n) is 3.68. The summed E-state index contributed by atoms with van der Waals surface area (Å²) in [6.45, 7) is 0. The van der Waals surface area contributed by atoms with E-state index in [2.05, 4.69) is 0 Å². The number of hydrogen-bond acceptors (Lipinski definition) is 3. The van der Waals surface area contributed by atoms with E-state index in [1.54, 1.807) is 54.6 Å². The Morgan fingerprint density at radius 3 is 1.83 bits per heavy atom. The smallest absolute Gasteiger partial charge is 0.194 e. The Morgan fingerprint density at radius 2 is 1.25 bits per heavy atom. The fourth-order valence-electron chi connectivity index (χ4n) is 2.40. The fraction of sp³-hybridized carbons (Fsp3) is 0. The molecule has 0 spiro atoms. The highest BCUT2D eigenvalue weighted by Gasteiger charge is 2.14. The second-order valence-corrected chi connectivity index (χ2v) is 5.75. The Bertz CT molecular complexity index is 903. The molecule has 0 unspecified atom stereocenters. The third-order valence-corrected chi connectivity index (χ3v) is 4.00. The second-order valence-electron chi connectivity index (χ2n) is 5.34. The third kappa shape index (κ3) is 3.21. The van der Waals surface area contributed by atoms with Crippen molar-refractivity contribution in [2.24, 2.45) is 0 Å². The minimum atomic E-state index is -0.210. The van der Waals surface area contributed by atoms with Gasteiger partial charge in [0.2, 0.25) is 0 Å². The number of nitrogen functional groups attached to an aromatic ring is 1. The van der Waals surface area contributed by atoms with Crippen LogP contribution < -0.4 is 5.73 Å². The number of carbonyl (C=O) groups is 2. The summed E-state index contributed by atoms with van der Waals surface area (Å²) in [5.41, 5.74) is 8.13. The van der Waals surface area contributed by atoms with Gasteiger partial charge in [0.25, 0.3) is 0 Å². The van der Waals surface area contributed by atoms with Crippen LogP contribution in [0.3, 0.4) is 0 Å². The number of nitrogens with two attached hydrogens (primary N) is 1. The van der Waals surface area contributed by atoms with Gasteiger partial charge in [0.15, 0.2) is 11.6 Å². The van der Waals surface area contributed by atoms with Crippen LogP contribution in [0.25, 0.3) is 0 Å². The van der Waals surface area contributed by atoms with Crippen LogP contribution in [0.4, 0.5) is 5.69 Å². The molecule has 0 fully saturated rings. The van der Waals surface area contributed by atoms with Crippen molar-refractivity contribution in [3.05, 3.63) is 100 Å². The van der Waals surface area contributed by atoms with E-state index in [4.69, 9.17) is 17.3 Å².